The third-order valence-electron chi connectivity index (χ3n) is 5.46. The first kappa shape index (κ1) is 22.7. The van der Waals surface area contributed by atoms with E-state index in [2.05, 4.69) is 26.0 Å². The van der Waals surface area contributed by atoms with E-state index in [0.717, 1.165) is 28.7 Å². The number of nitriles is 1. The molecule has 1 aliphatic rings. The van der Waals surface area contributed by atoms with E-state index in [9.17, 15) is 23.2 Å². The van der Waals surface area contributed by atoms with Gasteiger partial charge in [0.25, 0.3) is 0 Å². The largest absolute Gasteiger partial charge is 0.573 e. The van der Waals surface area contributed by atoms with Crippen LogP contribution in [0.2, 0.25) is 5.02 Å². The van der Waals surface area contributed by atoms with Gasteiger partial charge in [0.15, 0.2) is 0 Å². The minimum absolute atomic E-state index is 0.206. The van der Waals surface area contributed by atoms with Crippen LogP contribution in [0.1, 0.15) is 18.4 Å². The summed E-state index contributed by atoms with van der Waals surface area (Å²) in [5.41, 5.74) is 2.31. The number of pyridine rings is 1. The molecule has 6 nitrogen and oxygen atoms in total. The monoisotopic (exact) mass is 474 g/mol. The van der Waals surface area contributed by atoms with Crippen molar-refractivity contribution in [1.29, 1.82) is 5.26 Å². The normalized spacial score (nSPS) is 14.7. The van der Waals surface area contributed by atoms with Crippen LogP contribution in [0.25, 0.3) is 10.9 Å². The van der Waals surface area contributed by atoms with Gasteiger partial charge in [-0.05, 0) is 55.3 Å². The fourth-order valence-corrected chi connectivity index (χ4v) is 4.09. The zero-order valence-electron chi connectivity index (χ0n) is 17.2. The van der Waals surface area contributed by atoms with E-state index in [1.807, 2.05) is 0 Å². The highest BCUT2D eigenvalue weighted by atomic mass is 35.5. The van der Waals surface area contributed by atoms with Crippen molar-refractivity contribution in [2.45, 2.75) is 19.2 Å². The molecule has 1 N–H and O–H groups in total. The van der Waals surface area contributed by atoms with Gasteiger partial charge in [0.1, 0.15) is 11.8 Å². The predicted molar refractivity (Wildman–Crippen MR) is 118 cm³/mol. The van der Waals surface area contributed by atoms with Gasteiger partial charge in [-0.2, -0.15) is 5.26 Å². The Balaban J connectivity index is 1.43. The highest BCUT2D eigenvalue weighted by Crippen LogP contribution is 2.34. The number of fused-ring (bicyclic) bond motifs is 1. The zero-order valence-corrected chi connectivity index (χ0v) is 18.0. The molecule has 2 aromatic carbocycles. The Morgan fingerprint density at radius 1 is 1.18 bits per heavy atom. The number of amides is 1. The standard InChI is InChI=1S/C23H18ClF3N4O2/c24-16-1-6-20-19(11-16)21(15(12-28)13-29-20)31-9-7-14(8-10-31)22(32)30-17-2-4-18(5-3-17)33-23(25,26)27/h1-6,11,13-14H,7-10H2,(H,30,32). The lowest BCUT2D eigenvalue weighted by molar-refractivity contribution is -0.274. The highest BCUT2D eigenvalue weighted by molar-refractivity contribution is 6.31. The van der Waals surface area contributed by atoms with Crippen molar-refractivity contribution in [2.75, 3.05) is 23.3 Å². The molecule has 33 heavy (non-hydrogen) atoms. The number of aromatic nitrogens is 1. The number of nitrogens with one attached hydrogen (secondary N) is 1. The van der Waals surface area contributed by atoms with Gasteiger partial charge in [0.05, 0.1) is 16.8 Å². The molecule has 170 valence electrons. The van der Waals surface area contributed by atoms with Gasteiger partial charge < -0.3 is 15.0 Å². The molecule has 3 aromatic rings. The molecule has 10 heteroatoms. The smallest absolute Gasteiger partial charge is 0.406 e. The first-order valence-electron chi connectivity index (χ1n) is 10.1. The van der Waals surface area contributed by atoms with Crippen LogP contribution in [-0.2, 0) is 4.79 Å². The number of benzene rings is 2. The SMILES string of the molecule is N#Cc1cnc2ccc(Cl)cc2c1N1CCC(C(=O)Nc2ccc(OC(F)(F)F)cc2)CC1. The third-order valence-corrected chi connectivity index (χ3v) is 5.69. The molecule has 0 saturated carbocycles. The molecular weight excluding hydrogens is 457 g/mol. The highest BCUT2D eigenvalue weighted by Gasteiger charge is 2.31. The van der Waals surface area contributed by atoms with Crippen LogP contribution in [-0.4, -0.2) is 30.3 Å². The lowest BCUT2D eigenvalue weighted by Gasteiger charge is -2.34. The summed E-state index contributed by atoms with van der Waals surface area (Å²) in [7, 11) is 0. The Labute approximate surface area is 192 Å². The second-order valence-corrected chi connectivity index (χ2v) is 8.05. The molecule has 0 radical (unpaired) electrons. The summed E-state index contributed by atoms with van der Waals surface area (Å²) >= 11 is 6.16. The fraction of sp³-hybridized carbons (Fsp3) is 0.261. The van der Waals surface area contributed by atoms with Crippen molar-refractivity contribution in [3.63, 3.8) is 0 Å². The maximum atomic E-state index is 12.7. The molecule has 0 bridgehead atoms. The van der Waals surface area contributed by atoms with Gasteiger partial charge >= 0.3 is 6.36 Å². The van der Waals surface area contributed by atoms with Gasteiger partial charge in [0.2, 0.25) is 5.91 Å². The van der Waals surface area contributed by atoms with Crippen LogP contribution in [0, 0.1) is 17.2 Å². The Bertz CT molecular complexity index is 1220. The minimum atomic E-state index is -4.77. The number of carbonyl (C=O) groups is 1. The Morgan fingerprint density at radius 3 is 2.52 bits per heavy atom. The number of piperidine rings is 1. The zero-order chi connectivity index (χ0) is 23.6. The second kappa shape index (κ2) is 9.16. The maximum absolute atomic E-state index is 12.7. The summed E-state index contributed by atoms with van der Waals surface area (Å²) in [6, 6.07) is 12.5. The molecule has 0 aliphatic carbocycles. The van der Waals surface area contributed by atoms with Crippen LogP contribution in [0.3, 0.4) is 0 Å². The van der Waals surface area contributed by atoms with Crippen LogP contribution < -0.4 is 15.0 Å². The molecular formula is C23H18ClF3N4O2. The molecule has 0 spiro atoms. The Morgan fingerprint density at radius 2 is 1.88 bits per heavy atom. The molecule has 1 saturated heterocycles. The number of alkyl halides is 3. The summed E-state index contributed by atoms with van der Waals surface area (Å²) in [4.78, 5) is 19.1. The van der Waals surface area contributed by atoms with E-state index in [1.165, 1.54) is 18.3 Å². The lowest BCUT2D eigenvalue weighted by atomic mass is 9.94. The topological polar surface area (TPSA) is 78.2 Å². The van der Waals surface area contributed by atoms with Gasteiger partial charge in [-0.1, -0.05) is 11.6 Å². The number of hydrogen-bond acceptors (Lipinski definition) is 5. The Hall–Kier alpha value is -3.51. The first-order valence-corrected chi connectivity index (χ1v) is 10.5. The second-order valence-electron chi connectivity index (χ2n) is 7.62. The van der Waals surface area contributed by atoms with E-state index >= 15 is 0 Å². The summed E-state index contributed by atoms with van der Waals surface area (Å²) in [5.74, 6) is -0.830. The summed E-state index contributed by atoms with van der Waals surface area (Å²) < 4.78 is 40.7. The maximum Gasteiger partial charge on any atom is 0.573 e. The molecule has 1 aliphatic heterocycles. The van der Waals surface area contributed by atoms with E-state index in [-0.39, 0.29) is 17.6 Å². The number of halogens is 4. The molecule has 2 heterocycles. The van der Waals surface area contributed by atoms with Crippen molar-refractivity contribution >= 4 is 39.8 Å². The molecule has 4 rings (SSSR count). The third kappa shape index (κ3) is 5.29. The number of anilines is 2. The van der Waals surface area contributed by atoms with Crippen molar-refractivity contribution in [3.8, 4) is 11.8 Å². The number of nitrogens with zero attached hydrogens (tertiary/aromatic N) is 3. The predicted octanol–water partition coefficient (Wildman–Crippen LogP) is 5.51. The van der Waals surface area contributed by atoms with Crippen molar-refractivity contribution in [2.24, 2.45) is 5.92 Å². The first-order chi connectivity index (χ1) is 15.7. The van der Waals surface area contributed by atoms with E-state index in [0.29, 0.717) is 42.2 Å². The molecule has 1 amide bonds. The average molecular weight is 475 g/mol. The quantitative estimate of drug-likeness (QED) is 0.539. The van der Waals surface area contributed by atoms with E-state index in [4.69, 9.17) is 11.6 Å². The fourth-order valence-electron chi connectivity index (χ4n) is 3.92. The minimum Gasteiger partial charge on any atom is -0.406 e. The molecule has 0 atom stereocenters. The molecule has 1 aromatic heterocycles. The van der Waals surface area contributed by atoms with Crippen molar-refractivity contribution in [3.05, 3.63) is 59.2 Å². The number of rotatable bonds is 4. The number of hydrogen-bond donors (Lipinski definition) is 1. The lowest BCUT2D eigenvalue weighted by Crippen LogP contribution is -2.38. The van der Waals surface area contributed by atoms with Gasteiger partial charge in [-0.15, -0.1) is 13.2 Å². The summed E-state index contributed by atoms with van der Waals surface area (Å²) in [5, 5.41) is 13.6. The van der Waals surface area contributed by atoms with Crippen LogP contribution in [0.5, 0.6) is 5.75 Å². The summed E-state index contributed by atoms with van der Waals surface area (Å²) in [6.07, 6.45) is -2.13. The van der Waals surface area contributed by atoms with Crippen LogP contribution >= 0.6 is 11.6 Å². The van der Waals surface area contributed by atoms with Crippen LogP contribution in [0.15, 0.2) is 48.7 Å². The summed E-state index contributed by atoms with van der Waals surface area (Å²) in [6.45, 7) is 1.10. The average Bonchev–Trinajstić information content (AvgIpc) is 2.78. The van der Waals surface area contributed by atoms with Crippen LogP contribution in [0.4, 0.5) is 24.5 Å². The molecule has 1 fully saturated rings. The Kier molecular flexibility index (Phi) is 6.29. The van der Waals surface area contributed by atoms with E-state index < -0.39 is 6.36 Å². The number of carbonyl (C=O) groups excluding carboxylic acids is 1. The van der Waals surface area contributed by atoms with Gasteiger partial charge in [-0.3, -0.25) is 9.78 Å². The number of ether oxygens (including phenoxy) is 1. The van der Waals surface area contributed by atoms with Crippen molar-refractivity contribution < 1.29 is 22.7 Å². The van der Waals surface area contributed by atoms with E-state index in [1.54, 1.807) is 18.2 Å². The molecule has 0 unspecified atom stereocenters. The van der Waals surface area contributed by atoms with Gasteiger partial charge in [-0.25, -0.2) is 0 Å². The van der Waals surface area contributed by atoms with Crippen molar-refractivity contribution in [1.82, 2.24) is 4.98 Å². The van der Waals surface area contributed by atoms with Gasteiger partial charge in [0, 0.05) is 41.3 Å².